The van der Waals surface area contributed by atoms with E-state index < -0.39 is 28.8 Å². The molecule has 0 saturated carbocycles. The van der Waals surface area contributed by atoms with Crippen molar-refractivity contribution in [1.82, 2.24) is 29.6 Å². The standard InChI is InChI=1S/C39H40F3N7O3/c1-4-27-30(41)8-7-24-17-26(50)18-28(31(24)27)33-32(42)34-29(20-43-33)35(45-37(44-34)52-22-39-10-6-13-48(39)21-25(40)19-39)47-15-11-38(5-2,12-16-47)36(51)49-14-9-23(3)46-49/h5,7-9,14,17-18,20,25,50H,2,4,6,10-13,15-16,19,21-22H2,1,3H3/t25-,39+/m1/s1. The van der Waals surface area contributed by atoms with Crippen molar-refractivity contribution in [3.8, 4) is 23.0 Å². The monoisotopic (exact) mass is 711 g/mol. The molecule has 52 heavy (non-hydrogen) atoms. The molecule has 0 bridgehead atoms. The average molecular weight is 712 g/mol. The average Bonchev–Trinajstić information content (AvgIpc) is 3.84. The number of pyridine rings is 1. The van der Waals surface area contributed by atoms with E-state index in [2.05, 4.69) is 26.5 Å². The number of carbonyl (C=O) groups excluding carboxylic acids is 1. The number of allylic oxidation sites excluding steroid dienone is 1. The highest BCUT2D eigenvalue weighted by atomic mass is 19.1. The fraction of sp³-hybridized carbons (Fsp3) is 0.410. The summed E-state index contributed by atoms with van der Waals surface area (Å²) in [5, 5.41) is 16.3. The molecule has 3 aliphatic rings. The third kappa shape index (κ3) is 5.56. The van der Waals surface area contributed by atoms with Crippen LogP contribution in [0.2, 0.25) is 0 Å². The van der Waals surface area contributed by atoms with Gasteiger partial charge in [0, 0.05) is 44.0 Å². The number of rotatable bonds is 8. The summed E-state index contributed by atoms with van der Waals surface area (Å²) in [4.78, 5) is 31.6. The summed E-state index contributed by atoms with van der Waals surface area (Å²) in [6.07, 6.45) is 7.06. The number of fused-ring (bicyclic) bond motifs is 3. The van der Waals surface area contributed by atoms with Crippen LogP contribution in [0.4, 0.5) is 19.0 Å². The number of benzene rings is 2. The molecule has 0 radical (unpaired) electrons. The van der Waals surface area contributed by atoms with Gasteiger partial charge in [-0.15, -0.1) is 6.58 Å². The number of aromatic nitrogens is 5. The number of hydrogen-bond donors (Lipinski definition) is 1. The predicted octanol–water partition coefficient (Wildman–Crippen LogP) is 6.96. The number of ether oxygens (including phenoxy) is 1. The van der Waals surface area contributed by atoms with Gasteiger partial charge < -0.3 is 14.7 Å². The van der Waals surface area contributed by atoms with Crippen molar-refractivity contribution in [2.24, 2.45) is 5.41 Å². The van der Waals surface area contributed by atoms with Gasteiger partial charge in [-0.1, -0.05) is 19.1 Å². The van der Waals surface area contributed by atoms with Gasteiger partial charge in [-0.25, -0.2) is 17.9 Å². The maximum atomic E-state index is 17.0. The van der Waals surface area contributed by atoms with Gasteiger partial charge >= 0.3 is 6.01 Å². The minimum absolute atomic E-state index is 0.0600. The van der Waals surface area contributed by atoms with Crippen LogP contribution in [0.3, 0.4) is 0 Å². The van der Waals surface area contributed by atoms with E-state index in [0.717, 1.165) is 25.1 Å². The molecular formula is C39H40F3N7O3. The highest BCUT2D eigenvalue weighted by Crippen LogP contribution is 2.43. The highest BCUT2D eigenvalue weighted by Gasteiger charge is 2.49. The first-order valence-electron chi connectivity index (χ1n) is 17.8. The zero-order valence-electron chi connectivity index (χ0n) is 29.2. The van der Waals surface area contributed by atoms with Crippen LogP contribution < -0.4 is 9.64 Å². The van der Waals surface area contributed by atoms with Gasteiger partial charge in [-0.3, -0.25) is 14.7 Å². The van der Waals surface area contributed by atoms with Crippen molar-refractivity contribution in [2.75, 3.05) is 37.7 Å². The van der Waals surface area contributed by atoms with Gasteiger partial charge in [0.15, 0.2) is 5.82 Å². The Balaban J connectivity index is 1.22. The maximum Gasteiger partial charge on any atom is 0.319 e. The van der Waals surface area contributed by atoms with Crippen LogP contribution in [0.15, 0.2) is 55.4 Å². The first-order valence-corrected chi connectivity index (χ1v) is 17.8. The third-order valence-corrected chi connectivity index (χ3v) is 11.3. The lowest BCUT2D eigenvalue weighted by Gasteiger charge is -2.39. The Morgan fingerprint density at radius 3 is 2.67 bits per heavy atom. The molecule has 0 unspecified atom stereocenters. The van der Waals surface area contributed by atoms with Crippen molar-refractivity contribution in [3.63, 3.8) is 0 Å². The Kier molecular flexibility index (Phi) is 8.43. The summed E-state index contributed by atoms with van der Waals surface area (Å²) in [6.45, 7) is 9.67. The van der Waals surface area contributed by atoms with Gasteiger partial charge in [0.05, 0.1) is 22.0 Å². The van der Waals surface area contributed by atoms with Crippen LogP contribution >= 0.6 is 0 Å². The van der Waals surface area contributed by atoms with E-state index in [-0.39, 0.29) is 41.0 Å². The van der Waals surface area contributed by atoms with Crippen LogP contribution in [0.5, 0.6) is 11.8 Å². The van der Waals surface area contributed by atoms with E-state index >= 15 is 8.78 Å². The molecule has 0 aliphatic carbocycles. The van der Waals surface area contributed by atoms with Crippen LogP contribution in [-0.2, 0) is 6.42 Å². The molecular weight excluding hydrogens is 671 g/mol. The molecule has 3 fully saturated rings. The number of alkyl halides is 1. The smallest absolute Gasteiger partial charge is 0.319 e. The van der Waals surface area contributed by atoms with Gasteiger partial charge in [0.2, 0.25) is 0 Å². The lowest BCUT2D eigenvalue weighted by Crippen LogP contribution is -2.45. The van der Waals surface area contributed by atoms with E-state index in [0.29, 0.717) is 72.9 Å². The van der Waals surface area contributed by atoms with Gasteiger partial charge in [0.25, 0.3) is 5.91 Å². The van der Waals surface area contributed by atoms with E-state index in [9.17, 15) is 14.3 Å². The summed E-state index contributed by atoms with van der Waals surface area (Å²) < 4.78 is 54.3. The van der Waals surface area contributed by atoms with E-state index in [1.54, 1.807) is 24.4 Å². The number of aromatic hydroxyl groups is 1. The second kappa shape index (κ2) is 12.9. The summed E-state index contributed by atoms with van der Waals surface area (Å²) in [7, 11) is 0. The van der Waals surface area contributed by atoms with Crippen LogP contribution in [0, 0.1) is 24.0 Å². The van der Waals surface area contributed by atoms with Crippen LogP contribution in [0.25, 0.3) is 32.9 Å². The number of hydrogen-bond acceptors (Lipinski definition) is 9. The minimum atomic E-state index is -0.954. The van der Waals surface area contributed by atoms with Gasteiger partial charge in [-0.2, -0.15) is 15.1 Å². The fourth-order valence-electron chi connectivity index (χ4n) is 8.57. The normalized spacial score (nSPS) is 21.6. The summed E-state index contributed by atoms with van der Waals surface area (Å²) in [6, 6.07) is 7.49. The summed E-state index contributed by atoms with van der Waals surface area (Å²) in [5.41, 5.74) is -0.180. The Bertz CT molecular complexity index is 2230. The second-order valence-electron chi connectivity index (χ2n) is 14.4. The topological polar surface area (TPSA) is 110 Å². The minimum Gasteiger partial charge on any atom is -0.508 e. The molecule has 3 saturated heterocycles. The Labute approximate surface area is 298 Å². The molecule has 8 rings (SSSR count). The molecule has 2 aromatic carbocycles. The third-order valence-electron chi connectivity index (χ3n) is 11.3. The second-order valence-corrected chi connectivity index (χ2v) is 14.4. The number of phenols is 1. The first kappa shape index (κ1) is 34.1. The van der Waals surface area contributed by atoms with Crippen LogP contribution in [0.1, 0.15) is 55.1 Å². The molecule has 270 valence electrons. The molecule has 1 N–H and O–H groups in total. The molecule has 0 amide bonds. The highest BCUT2D eigenvalue weighted by molar-refractivity contribution is 6.02. The number of anilines is 1. The Morgan fingerprint density at radius 2 is 1.94 bits per heavy atom. The van der Waals surface area contributed by atoms with Crippen molar-refractivity contribution < 1.29 is 27.8 Å². The predicted molar refractivity (Wildman–Crippen MR) is 191 cm³/mol. The summed E-state index contributed by atoms with van der Waals surface area (Å²) >= 11 is 0. The zero-order valence-corrected chi connectivity index (χ0v) is 29.2. The molecule has 3 aromatic heterocycles. The number of phenolic OH excluding ortho intramolecular Hbond substituents is 1. The SMILES string of the molecule is C=CC1(C(=O)n2ccc(C)n2)CCN(c2nc(OC[C@@]34CCCN3C[C@H](F)C4)nc3c(F)c(-c4cc(O)cc5ccc(F)c(CC)c45)ncc23)CC1. The lowest BCUT2D eigenvalue weighted by molar-refractivity contribution is 0.0706. The van der Waals surface area contributed by atoms with E-state index in [4.69, 9.17) is 9.72 Å². The number of piperidine rings is 1. The molecule has 3 aliphatic heterocycles. The Hall–Kier alpha value is -5.04. The molecule has 6 heterocycles. The quantitative estimate of drug-likeness (QED) is 0.171. The Morgan fingerprint density at radius 1 is 1.13 bits per heavy atom. The molecule has 0 spiro atoms. The van der Waals surface area contributed by atoms with Crippen molar-refractivity contribution >= 4 is 33.4 Å². The van der Waals surface area contributed by atoms with E-state index in [1.165, 1.54) is 29.1 Å². The van der Waals surface area contributed by atoms with E-state index in [1.807, 2.05) is 18.7 Å². The lowest BCUT2D eigenvalue weighted by atomic mass is 9.77. The summed E-state index contributed by atoms with van der Waals surface area (Å²) in [5.74, 6) is -1.13. The van der Waals surface area contributed by atoms with Crippen molar-refractivity contribution in [1.29, 1.82) is 0 Å². The molecule has 2 atom stereocenters. The number of nitrogens with zero attached hydrogens (tertiary/aromatic N) is 7. The molecule has 13 heteroatoms. The number of halogens is 3. The van der Waals surface area contributed by atoms with Crippen LogP contribution in [-0.4, -0.2) is 85.1 Å². The zero-order chi connectivity index (χ0) is 36.4. The fourth-order valence-corrected chi connectivity index (χ4v) is 8.57. The maximum absolute atomic E-state index is 17.0. The largest absolute Gasteiger partial charge is 0.508 e. The number of aryl methyl sites for hydroxylation is 2. The number of carbonyl (C=O) groups is 1. The van der Waals surface area contributed by atoms with Gasteiger partial charge in [-0.05, 0) is 86.2 Å². The molecule has 5 aromatic rings. The van der Waals surface area contributed by atoms with Crippen molar-refractivity contribution in [3.05, 3.63) is 78.3 Å². The van der Waals surface area contributed by atoms with Gasteiger partial charge in [0.1, 0.15) is 41.4 Å². The first-order chi connectivity index (χ1) is 25.0. The molecule has 10 nitrogen and oxygen atoms in total. The van der Waals surface area contributed by atoms with Crippen molar-refractivity contribution in [2.45, 2.75) is 64.1 Å².